The van der Waals surface area contributed by atoms with Crippen LogP contribution in [0.5, 0.6) is 0 Å². The Morgan fingerprint density at radius 3 is 2.40 bits per heavy atom. The van der Waals surface area contributed by atoms with Gasteiger partial charge < -0.3 is 15.7 Å². The number of amides is 1. The van der Waals surface area contributed by atoms with E-state index in [1.807, 2.05) is 0 Å². The van der Waals surface area contributed by atoms with E-state index in [0.29, 0.717) is 25.9 Å². The average molecular weight is 214 g/mol. The summed E-state index contributed by atoms with van der Waals surface area (Å²) < 4.78 is 0. The molecule has 1 aliphatic heterocycles. The number of piperidine rings is 1. The molecule has 1 rings (SSSR count). The highest BCUT2D eigenvalue weighted by atomic mass is 16.4. The summed E-state index contributed by atoms with van der Waals surface area (Å²) in [7, 11) is 0. The van der Waals surface area contributed by atoms with Gasteiger partial charge in [-0.05, 0) is 0 Å². The molecule has 3 N–H and O–H groups in total. The van der Waals surface area contributed by atoms with E-state index in [9.17, 15) is 14.4 Å². The van der Waals surface area contributed by atoms with Gasteiger partial charge in [-0.1, -0.05) is 0 Å². The zero-order valence-corrected chi connectivity index (χ0v) is 8.31. The molecule has 0 aliphatic carbocycles. The molecule has 1 atom stereocenters. The van der Waals surface area contributed by atoms with Crippen LogP contribution in [0.2, 0.25) is 0 Å². The summed E-state index contributed by atoms with van der Waals surface area (Å²) in [6.45, 7) is 0.758. The molecular weight excluding hydrogens is 200 g/mol. The van der Waals surface area contributed by atoms with Crippen LogP contribution in [0.15, 0.2) is 0 Å². The van der Waals surface area contributed by atoms with E-state index >= 15 is 0 Å². The highest BCUT2D eigenvalue weighted by Crippen LogP contribution is 2.07. The van der Waals surface area contributed by atoms with Crippen molar-refractivity contribution in [2.75, 3.05) is 13.1 Å². The standard InChI is InChI=1S/C9H14N2O4/c10-7(9(14)15)5-8(13)11-3-1-6(12)2-4-11/h7H,1-5,10H2,(H,14,15)/t7-/m0/s1. The van der Waals surface area contributed by atoms with Crippen molar-refractivity contribution in [3.8, 4) is 0 Å². The molecule has 1 saturated heterocycles. The molecule has 0 unspecified atom stereocenters. The number of hydrogen-bond acceptors (Lipinski definition) is 4. The molecule has 1 fully saturated rings. The van der Waals surface area contributed by atoms with Gasteiger partial charge in [-0.25, -0.2) is 0 Å². The summed E-state index contributed by atoms with van der Waals surface area (Å²) in [5, 5.41) is 8.52. The van der Waals surface area contributed by atoms with Crippen LogP contribution in [0.4, 0.5) is 0 Å². The number of carbonyl (C=O) groups excluding carboxylic acids is 2. The van der Waals surface area contributed by atoms with Gasteiger partial charge in [0, 0.05) is 25.9 Å². The van der Waals surface area contributed by atoms with Crippen LogP contribution in [0.3, 0.4) is 0 Å². The number of carboxylic acids is 1. The van der Waals surface area contributed by atoms with Crippen LogP contribution in [0.1, 0.15) is 19.3 Å². The van der Waals surface area contributed by atoms with Crippen molar-refractivity contribution in [1.82, 2.24) is 4.90 Å². The third-order valence-electron chi connectivity index (χ3n) is 2.39. The first-order valence-electron chi connectivity index (χ1n) is 4.78. The van der Waals surface area contributed by atoms with Gasteiger partial charge in [0.2, 0.25) is 5.91 Å². The van der Waals surface area contributed by atoms with Crippen LogP contribution in [0, 0.1) is 0 Å². The smallest absolute Gasteiger partial charge is 0.321 e. The maximum Gasteiger partial charge on any atom is 0.321 e. The molecule has 15 heavy (non-hydrogen) atoms. The van der Waals surface area contributed by atoms with Crippen molar-refractivity contribution >= 4 is 17.7 Å². The molecule has 1 aliphatic rings. The zero-order chi connectivity index (χ0) is 11.4. The van der Waals surface area contributed by atoms with E-state index in [1.165, 1.54) is 4.90 Å². The van der Waals surface area contributed by atoms with Crippen molar-refractivity contribution < 1.29 is 19.5 Å². The predicted molar refractivity (Wildman–Crippen MR) is 51.0 cm³/mol. The monoisotopic (exact) mass is 214 g/mol. The molecule has 0 saturated carbocycles. The number of nitrogens with zero attached hydrogens (tertiary/aromatic N) is 1. The fraction of sp³-hybridized carbons (Fsp3) is 0.667. The summed E-state index contributed by atoms with van der Waals surface area (Å²) in [4.78, 5) is 34.3. The lowest BCUT2D eigenvalue weighted by molar-refractivity contribution is -0.143. The first kappa shape index (κ1) is 11.6. The molecule has 6 nitrogen and oxygen atoms in total. The van der Waals surface area contributed by atoms with Gasteiger partial charge in [-0.2, -0.15) is 0 Å². The van der Waals surface area contributed by atoms with Gasteiger partial charge in [0.1, 0.15) is 11.8 Å². The number of carbonyl (C=O) groups is 3. The van der Waals surface area contributed by atoms with Crippen molar-refractivity contribution in [1.29, 1.82) is 0 Å². The van der Waals surface area contributed by atoms with Gasteiger partial charge >= 0.3 is 5.97 Å². The molecule has 0 radical (unpaired) electrons. The third-order valence-corrected chi connectivity index (χ3v) is 2.39. The van der Waals surface area contributed by atoms with Gasteiger partial charge in [-0.3, -0.25) is 14.4 Å². The third kappa shape index (κ3) is 3.32. The number of carboxylic acid groups (broad SMARTS) is 1. The number of ketones is 1. The maximum atomic E-state index is 11.5. The second-order valence-electron chi connectivity index (χ2n) is 3.57. The van der Waals surface area contributed by atoms with Gasteiger partial charge in [0.15, 0.2) is 0 Å². The second kappa shape index (κ2) is 4.88. The largest absolute Gasteiger partial charge is 0.480 e. The van der Waals surface area contributed by atoms with E-state index in [1.54, 1.807) is 0 Å². The minimum Gasteiger partial charge on any atom is -0.480 e. The van der Waals surface area contributed by atoms with Crippen LogP contribution in [-0.4, -0.2) is 46.8 Å². The molecule has 0 aromatic rings. The Kier molecular flexibility index (Phi) is 3.79. The number of hydrogen-bond donors (Lipinski definition) is 2. The van der Waals surface area contributed by atoms with Crippen LogP contribution >= 0.6 is 0 Å². The molecule has 84 valence electrons. The lowest BCUT2D eigenvalue weighted by Crippen LogP contribution is -2.43. The average Bonchev–Trinajstić information content (AvgIpc) is 2.18. The summed E-state index contributed by atoms with van der Waals surface area (Å²) in [6.07, 6.45) is 0.506. The summed E-state index contributed by atoms with van der Waals surface area (Å²) in [5.41, 5.74) is 5.24. The molecule has 0 spiro atoms. The lowest BCUT2D eigenvalue weighted by atomic mass is 10.1. The number of Topliss-reactive ketones (excluding diaryl/α,β-unsaturated/α-hetero) is 1. The van der Waals surface area contributed by atoms with E-state index in [4.69, 9.17) is 10.8 Å². The molecule has 1 heterocycles. The van der Waals surface area contributed by atoms with Crippen LogP contribution in [0.25, 0.3) is 0 Å². The Labute approximate surface area is 87.0 Å². The normalized spacial score (nSPS) is 18.7. The molecule has 0 bridgehead atoms. The molecule has 1 amide bonds. The van der Waals surface area contributed by atoms with Crippen molar-refractivity contribution in [3.05, 3.63) is 0 Å². The van der Waals surface area contributed by atoms with E-state index in [-0.39, 0.29) is 18.1 Å². The van der Waals surface area contributed by atoms with E-state index < -0.39 is 12.0 Å². The number of likely N-dealkylation sites (tertiary alicyclic amines) is 1. The predicted octanol–water partition coefficient (Wildman–Crippen LogP) is -1.02. The van der Waals surface area contributed by atoms with Gasteiger partial charge in [0.25, 0.3) is 0 Å². The SMILES string of the molecule is N[C@@H](CC(=O)N1CCC(=O)CC1)C(=O)O. The minimum absolute atomic E-state index is 0.140. The Hall–Kier alpha value is -1.43. The lowest BCUT2D eigenvalue weighted by Gasteiger charge is -2.26. The molecule has 0 aromatic carbocycles. The number of aliphatic carboxylic acids is 1. The molecule has 0 aromatic heterocycles. The minimum atomic E-state index is -1.18. The zero-order valence-electron chi connectivity index (χ0n) is 8.31. The highest BCUT2D eigenvalue weighted by molar-refractivity contribution is 5.86. The first-order chi connectivity index (χ1) is 7.00. The Morgan fingerprint density at radius 2 is 1.93 bits per heavy atom. The fourth-order valence-electron chi connectivity index (χ4n) is 1.41. The number of rotatable bonds is 3. The Morgan fingerprint density at radius 1 is 1.40 bits per heavy atom. The van der Waals surface area contributed by atoms with Gasteiger partial charge in [-0.15, -0.1) is 0 Å². The number of nitrogens with two attached hydrogens (primary N) is 1. The Bertz CT molecular complexity index is 280. The quantitative estimate of drug-likeness (QED) is 0.626. The van der Waals surface area contributed by atoms with E-state index in [0.717, 1.165) is 0 Å². The molecular formula is C9H14N2O4. The van der Waals surface area contributed by atoms with Crippen molar-refractivity contribution in [3.63, 3.8) is 0 Å². The van der Waals surface area contributed by atoms with Crippen LogP contribution < -0.4 is 5.73 Å². The first-order valence-corrected chi connectivity index (χ1v) is 4.78. The topological polar surface area (TPSA) is 101 Å². The fourth-order valence-corrected chi connectivity index (χ4v) is 1.41. The van der Waals surface area contributed by atoms with E-state index in [2.05, 4.69) is 0 Å². The molecule has 6 heteroatoms. The highest BCUT2D eigenvalue weighted by Gasteiger charge is 2.24. The maximum absolute atomic E-state index is 11.5. The van der Waals surface area contributed by atoms with Crippen LogP contribution in [-0.2, 0) is 14.4 Å². The second-order valence-corrected chi connectivity index (χ2v) is 3.57. The summed E-state index contributed by atoms with van der Waals surface area (Å²) in [5.74, 6) is -1.34. The summed E-state index contributed by atoms with van der Waals surface area (Å²) in [6, 6.07) is -1.16. The van der Waals surface area contributed by atoms with Crippen molar-refractivity contribution in [2.45, 2.75) is 25.3 Å². The van der Waals surface area contributed by atoms with Crippen molar-refractivity contribution in [2.24, 2.45) is 5.73 Å². The van der Waals surface area contributed by atoms with Gasteiger partial charge in [0.05, 0.1) is 6.42 Å². The summed E-state index contributed by atoms with van der Waals surface area (Å²) >= 11 is 0. The Balaban J connectivity index is 2.40.